The standard InChI is InChI=1S/C11H12BrNO/c1-3-6-14-10-4-5-11(12)9(7-10)8-13-2/h1,4-5,7,13H,6,8H2,2H3. The third-order valence-electron chi connectivity index (χ3n) is 1.71. The molecule has 1 aromatic carbocycles. The van der Waals surface area contributed by atoms with Gasteiger partial charge in [-0.3, -0.25) is 0 Å². The maximum Gasteiger partial charge on any atom is 0.148 e. The maximum absolute atomic E-state index is 5.31. The van der Waals surface area contributed by atoms with Crippen LogP contribution in [0.25, 0.3) is 0 Å². The molecule has 0 aromatic heterocycles. The van der Waals surface area contributed by atoms with E-state index in [0.29, 0.717) is 6.61 Å². The second-order valence-electron chi connectivity index (χ2n) is 2.78. The van der Waals surface area contributed by atoms with Crippen molar-refractivity contribution in [1.82, 2.24) is 5.32 Å². The highest BCUT2D eigenvalue weighted by atomic mass is 79.9. The molecule has 0 unspecified atom stereocenters. The van der Waals surface area contributed by atoms with Crippen LogP contribution in [-0.2, 0) is 6.54 Å². The topological polar surface area (TPSA) is 21.3 Å². The van der Waals surface area contributed by atoms with Crippen LogP contribution < -0.4 is 10.1 Å². The zero-order valence-corrected chi connectivity index (χ0v) is 9.60. The number of nitrogens with one attached hydrogen (secondary N) is 1. The molecule has 0 saturated carbocycles. The second-order valence-corrected chi connectivity index (χ2v) is 3.63. The monoisotopic (exact) mass is 253 g/mol. The van der Waals surface area contributed by atoms with Gasteiger partial charge in [0.1, 0.15) is 12.4 Å². The van der Waals surface area contributed by atoms with Gasteiger partial charge in [-0.15, -0.1) is 6.42 Å². The molecule has 0 spiro atoms. The highest BCUT2D eigenvalue weighted by Gasteiger charge is 2.00. The van der Waals surface area contributed by atoms with E-state index in [1.807, 2.05) is 25.2 Å². The Morgan fingerprint density at radius 1 is 1.57 bits per heavy atom. The fourth-order valence-electron chi connectivity index (χ4n) is 1.09. The first-order chi connectivity index (χ1) is 6.77. The minimum absolute atomic E-state index is 0.306. The Labute approximate surface area is 92.8 Å². The summed E-state index contributed by atoms with van der Waals surface area (Å²) in [6.07, 6.45) is 5.11. The van der Waals surface area contributed by atoms with Gasteiger partial charge in [0, 0.05) is 11.0 Å². The fourth-order valence-corrected chi connectivity index (χ4v) is 1.48. The van der Waals surface area contributed by atoms with Gasteiger partial charge in [0.2, 0.25) is 0 Å². The Morgan fingerprint density at radius 2 is 2.36 bits per heavy atom. The first-order valence-electron chi connectivity index (χ1n) is 4.27. The number of halogens is 1. The van der Waals surface area contributed by atoms with Gasteiger partial charge in [-0.2, -0.15) is 0 Å². The Hall–Kier alpha value is -0.980. The minimum Gasteiger partial charge on any atom is -0.481 e. The quantitative estimate of drug-likeness (QED) is 0.831. The minimum atomic E-state index is 0.306. The second kappa shape index (κ2) is 5.69. The van der Waals surface area contributed by atoms with Crippen LogP contribution in [0.2, 0.25) is 0 Å². The van der Waals surface area contributed by atoms with Crippen molar-refractivity contribution >= 4 is 15.9 Å². The first-order valence-corrected chi connectivity index (χ1v) is 5.06. The summed E-state index contributed by atoms with van der Waals surface area (Å²) in [5.41, 5.74) is 1.15. The van der Waals surface area contributed by atoms with E-state index in [1.54, 1.807) is 0 Å². The average Bonchev–Trinajstić information content (AvgIpc) is 2.19. The van der Waals surface area contributed by atoms with E-state index < -0.39 is 0 Å². The largest absolute Gasteiger partial charge is 0.481 e. The zero-order chi connectivity index (χ0) is 10.4. The Morgan fingerprint density at radius 3 is 3.00 bits per heavy atom. The molecule has 0 heterocycles. The van der Waals surface area contributed by atoms with Crippen molar-refractivity contribution in [1.29, 1.82) is 0 Å². The summed E-state index contributed by atoms with van der Waals surface area (Å²) in [7, 11) is 1.90. The molecule has 1 N–H and O–H groups in total. The van der Waals surface area contributed by atoms with Gasteiger partial charge in [-0.25, -0.2) is 0 Å². The van der Waals surface area contributed by atoms with Gasteiger partial charge in [-0.05, 0) is 30.8 Å². The van der Waals surface area contributed by atoms with Crippen LogP contribution in [-0.4, -0.2) is 13.7 Å². The molecule has 0 aliphatic heterocycles. The molecule has 1 rings (SSSR count). The van der Waals surface area contributed by atoms with E-state index in [2.05, 4.69) is 27.2 Å². The SMILES string of the molecule is C#CCOc1ccc(Br)c(CNC)c1. The normalized spacial score (nSPS) is 9.50. The molecule has 0 atom stereocenters. The Balaban J connectivity index is 2.78. The van der Waals surface area contributed by atoms with Crippen molar-refractivity contribution in [2.75, 3.05) is 13.7 Å². The smallest absolute Gasteiger partial charge is 0.148 e. The lowest BCUT2D eigenvalue weighted by Crippen LogP contribution is -2.06. The van der Waals surface area contributed by atoms with Crippen molar-refractivity contribution in [2.45, 2.75) is 6.54 Å². The molecule has 0 aliphatic carbocycles. The van der Waals surface area contributed by atoms with Crippen molar-refractivity contribution in [2.24, 2.45) is 0 Å². The first kappa shape index (κ1) is 11.1. The van der Waals surface area contributed by atoms with Crippen molar-refractivity contribution in [3.05, 3.63) is 28.2 Å². The summed E-state index contributed by atoms with van der Waals surface area (Å²) in [6.45, 7) is 1.11. The van der Waals surface area contributed by atoms with Crippen LogP contribution >= 0.6 is 15.9 Å². The van der Waals surface area contributed by atoms with Crippen LogP contribution in [0.5, 0.6) is 5.75 Å². The Bertz CT molecular complexity index is 344. The van der Waals surface area contributed by atoms with Crippen LogP contribution in [0.1, 0.15) is 5.56 Å². The molecular weight excluding hydrogens is 242 g/mol. The van der Waals surface area contributed by atoms with Crippen LogP contribution in [0.15, 0.2) is 22.7 Å². The lowest BCUT2D eigenvalue weighted by Gasteiger charge is -2.07. The number of hydrogen-bond acceptors (Lipinski definition) is 2. The molecule has 0 amide bonds. The molecule has 14 heavy (non-hydrogen) atoms. The van der Waals surface area contributed by atoms with E-state index in [1.165, 1.54) is 0 Å². The lowest BCUT2D eigenvalue weighted by molar-refractivity contribution is 0.370. The molecule has 3 heteroatoms. The summed E-state index contributed by atoms with van der Waals surface area (Å²) < 4.78 is 6.38. The number of hydrogen-bond donors (Lipinski definition) is 1. The van der Waals surface area contributed by atoms with Crippen molar-refractivity contribution in [3.63, 3.8) is 0 Å². The summed E-state index contributed by atoms with van der Waals surface area (Å²) in [6, 6.07) is 5.82. The van der Waals surface area contributed by atoms with Gasteiger partial charge in [0.05, 0.1) is 0 Å². The Kier molecular flexibility index (Phi) is 4.51. The molecule has 0 aliphatic rings. The fraction of sp³-hybridized carbons (Fsp3) is 0.273. The van der Waals surface area contributed by atoms with E-state index in [9.17, 15) is 0 Å². The average molecular weight is 254 g/mol. The molecule has 1 aromatic rings. The third-order valence-corrected chi connectivity index (χ3v) is 2.48. The van der Waals surface area contributed by atoms with E-state index in [4.69, 9.17) is 11.2 Å². The van der Waals surface area contributed by atoms with E-state index in [0.717, 1.165) is 22.3 Å². The molecule has 0 radical (unpaired) electrons. The summed E-state index contributed by atoms with van der Waals surface area (Å²) in [4.78, 5) is 0. The van der Waals surface area contributed by atoms with Crippen LogP contribution in [0, 0.1) is 12.3 Å². The third kappa shape index (κ3) is 3.06. The van der Waals surface area contributed by atoms with Crippen LogP contribution in [0.3, 0.4) is 0 Å². The van der Waals surface area contributed by atoms with Gasteiger partial charge in [0.15, 0.2) is 0 Å². The van der Waals surface area contributed by atoms with Gasteiger partial charge in [-0.1, -0.05) is 21.9 Å². The lowest BCUT2D eigenvalue weighted by atomic mass is 10.2. The van der Waals surface area contributed by atoms with Crippen molar-refractivity contribution < 1.29 is 4.74 Å². The van der Waals surface area contributed by atoms with Gasteiger partial charge >= 0.3 is 0 Å². The van der Waals surface area contributed by atoms with Gasteiger partial charge in [0.25, 0.3) is 0 Å². The number of ether oxygens (including phenoxy) is 1. The van der Waals surface area contributed by atoms with Crippen LogP contribution in [0.4, 0.5) is 0 Å². The van der Waals surface area contributed by atoms with E-state index >= 15 is 0 Å². The number of rotatable bonds is 4. The molecule has 0 bridgehead atoms. The molecule has 0 fully saturated rings. The molecule has 0 saturated heterocycles. The number of terminal acetylenes is 1. The van der Waals surface area contributed by atoms with Gasteiger partial charge < -0.3 is 10.1 Å². The predicted octanol–water partition coefficient (Wildman–Crippen LogP) is 2.18. The molecule has 74 valence electrons. The van der Waals surface area contributed by atoms with E-state index in [-0.39, 0.29) is 0 Å². The summed E-state index contributed by atoms with van der Waals surface area (Å²) in [5, 5.41) is 3.08. The zero-order valence-electron chi connectivity index (χ0n) is 8.01. The summed E-state index contributed by atoms with van der Waals surface area (Å²) >= 11 is 3.46. The maximum atomic E-state index is 5.31. The molecule has 2 nitrogen and oxygen atoms in total. The predicted molar refractivity (Wildman–Crippen MR) is 61.2 cm³/mol. The highest BCUT2D eigenvalue weighted by molar-refractivity contribution is 9.10. The highest BCUT2D eigenvalue weighted by Crippen LogP contribution is 2.22. The number of benzene rings is 1. The summed E-state index contributed by atoms with van der Waals surface area (Å²) in [5.74, 6) is 3.23. The van der Waals surface area contributed by atoms with Crippen molar-refractivity contribution in [3.8, 4) is 18.1 Å². The molecular formula is C11H12BrNO.